The molecule has 0 N–H and O–H groups in total. The fraction of sp³-hybridized carbons (Fsp3) is 0.0952. The van der Waals surface area contributed by atoms with Crippen LogP contribution in [0.25, 0.3) is 22.8 Å². The van der Waals surface area contributed by atoms with E-state index in [0.29, 0.717) is 46.0 Å². The molecule has 2 aromatic carbocycles. The lowest BCUT2D eigenvalue weighted by atomic mass is 10.2. The number of aromatic nitrogens is 4. The van der Waals surface area contributed by atoms with Gasteiger partial charge in [0.1, 0.15) is 17.9 Å². The zero-order chi connectivity index (χ0) is 20.2. The van der Waals surface area contributed by atoms with Crippen LogP contribution in [0, 0.1) is 11.6 Å². The van der Waals surface area contributed by atoms with Crippen molar-refractivity contribution in [2.45, 2.75) is 17.5 Å². The first kappa shape index (κ1) is 19.1. The second kappa shape index (κ2) is 8.40. The number of halogens is 2. The van der Waals surface area contributed by atoms with Crippen molar-refractivity contribution in [3.63, 3.8) is 0 Å². The number of benzene rings is 2. The van der Waals surface area contributed by atoms with E-state index in [1.807, 2.05) is 0 Å². The monoisotopic (exact) mass is 410 g/mol. The average molecular weight is 410 g/mol. The lowest BCUT2D eigenvalue weighted by molar-refractivity contribution is 0.571. The Kier molecular flexibility index (Phi) is 5.53. The Morgan fingerprint density at radius 1 is 1.10 bits per heavy atom. The van der Waals surface area contributed by atoms with Gasteiger partial charge in [-0.3, -0.25) is 4.57 Å². The predicted octanol–water partition coefficient (Wildman–Crippen LogP) is 5.36. The molecule has 0 amide bonds. The smallest absolute Gasteiger partial charge is 0.226 e. The maximum Gasteiger partial charge on any atom is 0.226 e. The Morgan fingerprint density at radius 3 is 2.76 bits per heavy atom. The van der Waals surface area contributed by atoms with E-state index >= 15 is 0 Å². The maximum absolute atomic E-state index is 14.2. The number of allylic oxidation sites excluding steroid dienone is 1. The van der Waals surface area contributed by atoms with Crippen LogP contribution in [-0.4, -0.2) is 19.7 Å². The molecule has 0 atom stereocenters. The van der Waals surface area contributed by atoms with Gasteiger partial charge in [-0.05, 0) is 30.3 Å². The maximum atomic E-state index is 14.2. The van der Waals surface area contributed by atoms with Gasteiger partial charge < -0.3 is 4.42 Å². The molecule has 8 heteroatoms. The van der Waals surface area contributed by atoms with E-state index in [9.17, 15) is 8.78 Å². The van der Waals surface area contributed by atoms with Crippen LogP contribution in [0.4, 0.5) is 8.78 Å². The van der Waals surface area contributed by atoms with E-state index in [1.165, 1.54) is 36.2 Å². The van der Waals surface area contributed by atoms with Crippen molar-refractivity contribution in [2.75, 3.05) is 0 Å². The Labute approximate surface area is 170 Å². The molecule has 29 heavy (non-hydrogen) atoms. The number of rotatable bonds is 7. The number of thioether (sulfide) groups is 1. The highest BCUT2D eigenvalue weighted by Gasteiger charge is 2.17. The molecule has 0 unspecified atom stereocenters. The molecular weight excluding hydrogens is 394 g/mol. The molecule has 0 spiro atoms. The van der Waals surface area contributed by atoms with Crippen LogP contribution < -0.4 is 0 Å². The van der Waals surface area contributed by atoms with Crippen LogP contribution in [0.2, 0.25) is 0 Å². The molecule has 4 aromatic rings. The minimum Gasteiger partial charge on any atom is -0.444 e. The van der Waals surface area contributed by atoms with Gasteiger partial charge in [0.2, 0.25) is 5.89 Å². The van der Waals surface area contributed by atoms with Gasteiger partial charge >= 0.3 is 0 Å². The Bertz CT molecular complexity index is 1160. The summed E-state index contributed by atoms with van der Waals surface area (Å²) in [6.45, 7) is 4.20. The van der Waals surface area contributed by atoms with E-state index < -0.39 is 0 Å². The summed E-state index contributed by atoms with van der Waals surface area (Å²) in [7, 11) is 0. The first-order valence-corrected chi connectivity index (χ1v) is 9.76. The topological polar surface area (TPSA) is 56.7 Å². The van der Waals surface area contributed by atoms with Gasteiger partial charge in [-0.15, -0.1) is 16.8 Å². The molecule has 4 rings (SSSR count). The zero-order valence-electron chi connectivity index (χ0n) is 15.3. The van der Waals surface area contributed by atoms with Gasteiger partial charge in [-0.25, -0.2) is 13.8 Å². The van der Waals surface area contributed by atoms with Crippen molar-refractivity contribution < 1.29 is 13.2 Å². The summed E-state index contributed by atoms with van der Waals surface area (Å²) in [4.78, 5) is 4.40. The fourth-order valence-electron chi connectivity index (χ4n) is 2.80. The zero-order valence-corrected chi connectivity index (χ0v) is 16.1. The molecule has 0 bridgehead atoms. The van der Waals surface area contributed by atoms with Crippen LogP contribution in [0.1, 0.15) is 5.69 Å². The summed E-state index contributed by atoms with van der Waals surface area (Å²) in [5.74, 6) is 0.532. The number of hydrogen-bond acceptors (Lipinski definition) is 5. The number of nitrogens with zero attached hydrogens (tertiary/aromatic N) is 4. The third-order valence-corrected chi connectivity index (χ3v) is 5.12. The van der Waals surface area contributed by atoms with Gasteiger partial charge in [-0.2, -0.15) is 0 Å². The lowest BCUT2D eigenvalue weighted by Gasteiger charge is -2.07. The van der Waals surface area contributed by atoms with E-state index in [2.05, 4.69) is 21.8 Å². The quantitative estimate of drug-likeness (QED) is 0.303. The molecular formula is C21H16F2N4OS. The van der Waals surface area contributed by atoms with Crippen LogP contribution in [-0.2, 0) is 12.3 Å². The average Bonchev–Trinajstić information content (AvgIpc) is 3.35. The highest BCUT2D eigenvalue weighted by molar-refractivity contribution is 7.98. The summed E-state index contributed by atoms with van der Waals surface area (Å²) in [6, 6.07) is 12.5. The van der Waals surface area contributed by atoms with Gasteiger partial charge in [0.05, 0.1) is 11.3 Å². The molecule has 0 saturated carbocycles. The van der Waals surface area contributed by atoms with E-state index in [4.69, 9.17) is 4.42 Å². The van der Waals surface area contributed by atoms with Crippen molar-refractivity contribution in [2.24, 2.45) is 0 Å². The molecule has 0 aliphatic carbocycles. The summed E-state index contributed by atoms with van der Waals surface area (Å²) in [6.07, 6.45) is 3.23. The first-order valence-electron chi connectivity index (χ1n) is 8.78. The fourth-order valence-corrected chi connectivity index (χ4v) is 3.62. The Balaban J connectivity index is 1.55. The largest absolute Gasteiger partial charge is 0.444 e. The highest BCUT2D eigenvalue weighted by atomic mass is 32.2. The van der Waals surface area contributed by atoms with Crippen molar-refractivity contribution in [1.82, 2.24) is 19.7 Å². The standard InChI is InChI=1S/C21H16F2N4OS/c1-2-10-27-19(17-8-3-4-9-18(17)23)25-26-21(27)29-13-16-12-28-20(24-16)14-6-5-7-15(22)11-14/h2-9,11-12H,1,10,13H2. The molecule has 2 heterocycles. The summed E-state index contributed by atoms with van der Waals surface area (Å²) >= 11 is 1.40. The van der Waals surface area contributed by atoms with E-state index in [0.717, 1.165) is 0 Å². The summed E-state index contributed by atoms with van der Waals surface area (Å²) in [5.41, 5.74) is 1.62. The predicted molar refractivity (Wildman–Crippen MR) is 107 cm³/mol. The first-order chi connectivity index (χ1) is 14.2. The van der Waals surface area contributed by atoms with Crippen LogP contribution in [0.15, 0.2) is 77.0 Å². The van der Waals surface area contributed by atoms with E-state index in [1.54, 1.807) is 41.0 Å². The SMILES string of the molecule is C=CCn1c(SCc2coc(-c3cccc(F)c3)n2)nnc1-c1ccccc1F. The number of hydrogen-bond donors (Lipinski definition) is 0. The minimum absolute atomic E-state index is 0.347. The van der Waals surface area contributed by atoms with Crippen LogP contribution in [0.3, 0.4) is 0 Å². The third kappa shape index (κ3) is 4.12. The van der Waals surface area contributed by atoms with Gasteiger partial charge in [0.15, 0.2) is 11.0 Å². The van der Waals surface area contributed by atoms with Crippen molar-refractivity contribution in [3.8, 4) is 22.8 Å². The second-order valence-electron chi connectivity index (χ2n) is 6.13. The molecule has 5 nitrogen and oxygen atoms in total. The third-order valence-electron chi connectivity index (χ3n) is 4.12. The second-order valence-corrected chi connectivity index (χ2v) is 7.07. The Hall–Kier alpha value is -3.26. The van der Waals surface area contributed by atoms with Gasteiger partial charge in [0, 0.05) is 17.9 Å². The van der Waals surface area contributed by atoms with Crippen LogP contribution >= 0.6 is 11.8 Å². The van der Waals surface area contributed by atoms with Crippen molar-refractivity contribution in [3.05, 3.63) is 84.8 Å². The molecule has 0 fully saturated rings. The van der Waals surface area contributed by atoms with Crippen LogP contribution in [0.5, 0.6) is 0 Å². The molecule has 2 aromatic heterocycles. The van der Waals surface area contributed by atoms with Gasteiger partial charge in [0.25, 0.3) is 0 Å². The molecule has 0 aliphatic rings. The normalized spacial score (nSPS) is 11.0. The van der Waals surface area contributed by atoms with Crippen molar-refractivity contribution >= 4 is 11.8 Å². The number of oxazole rings is 1. The lowest BCUT2D eigenvalue weighted by Crippen LogP contribution is -2.01. The molecule has 0 aliphatic heterocycles. The summed E-state index contributed by atoms with van der Waals surface area (Å²) in [5, 5.41) is 8.97. The molecule has 146 valence electrons. The Morgan fingerprint density at radius 2 is 1.97 bits per heavy atom. The summed E-state index contributed by atoms with van der Waals surface area (Å²) < 4.78 is 34.8. The van der Waals surface area contributed by atoms with Gasteiger partial charge in [-0.1, -0.05) is 36.0 Å². The highest BCUT2D eigenvalue weighted by Crippen LogP contribution is 2.28. The van der Waals surface area contributed by atoms with E-state index in [-0.39, 0.29) is 11.6 Å². The molecule has 0 radical (unpaired) electrons. The molecule has 0 saturated heterocycles. The van der Waals surface area contributed by atoms with Crippen molar-refractivity contribution in [1.29, 1.82) is 0 Å². The minimum atomic E-state index is -0.363.